The predicted molar refractivity (Wildman–Crippen MR) is 95.8 cm³/mol. The Labute approximate surface area is 160 Å². The Bertz CT molecular complexity index is 1010. The molecule has 0 saturated carbocycles. The van der Waals surface area contributed by atoms with E-state index in [1.807, 2.05) is 17.5 Å². The normalized spacial score (nSPS) is 12.8. The third-order valence-electron chi connectivity index (χ3n) is 3.84. The van der Waals surface area contributed by atoms with Gasteiger partial charge in [-0.05, 0) is 31.4 Å². The first-order valence-electron chi connectivity index (χ1n) is 8.12. The molecule has 1 atom stereocenters. The number of pyridine rings is 1. The molecule has 2 N–H and O–H groups in total. The van der Waals surface area contributed by atoms with E-state index in [2.05, 4.69) is 15.5 Å². The third kappa shape index (κ3) is 4.30. The number of nitrogens with one attached hydrogen (secondary N) is 2. The fraction of sp³-hybridized carbons (Fsp3) is 0.294. The van der Waals surface area contributed by atoms with Crippen molar-refractivity contribution in [2.24, 2.45) is 0 Å². The summed E-state index contributed by atoms with van der Waals surface area (Å²) in [4.78, 5) is 29.7. The molecule has 0 aliphatic heterocycles. The Morgan fingerprint density at radius 1 is 1.36 bits per heavy atom. The van der Waals surface area contributed by atoms with Crippen LogP contribution in [0.5, 0.6) is 0 Å². The SMILES string of the molecule is Cc1noc2nc(-c3cccs3)cc(C(=O)N[C@H](C)C(=O)NCC(F)(F)F)c12. The number of carbonyl (C=O) groups is 2. The molecule has 0 unspecified atom stereocenters. The summed E-state index contributed by atoms with van der Waals surface area (Å²) in [5, 5.41) is 10.2. The molecule has 7 nitrogen and oxygen atoms in total. The highest BCUT2D eigenvalue weighted by Crippen LogP contribution is 2.29. The molecule has 0 spiro atoms. The number of halogens is 3. The van der Waals surface area contributed by atoms with Crippen LogP contribution in [0.25, 0.3) is 21.7 Å². The van der Waals surface area contributed by atoms with Gasteiger partial charge in [-0.2, -0.15) is 13.2 Å². The molecular formula is C17H15F3N4O3S. The first-order valence-corrected chi connectivity index (χ1v) is 9.00. The largest absolute Gasteiger partial charge is 0.405 e. The monoisotopic (exact) mass is 412 g/mol. The molecule has 28 heavy (non-hydrogen) atoms. The Morgan fingerprint density at radius 2 is 2.11 bits per heavy atom. The van der Waals surface area contributed by atoms with Crippen molar-refractivity contribution in [1.29, 1.82) is 0 Å². The summed E-state index contributed by atoms with van der Waals surface area (Å²) in [5.74, 6) is -1.59. The molecule has 0 aromatic carbocycles. The predicted octanol–water partition coefficient (Wildman–Crippen LogP) is 3.06. The first-order chi connectivity index (χ1) is 13.2. The van der Waals surface area contributed by atoms with Gasteiger partial charge >= 0.3 is 6.18 Å². The zero-order valence-electron chi connectivity index (χ0n) is 14.8. The average Bonchev–Trinajstić information content (AvgIpc) is 3.28. The molecule has 0 aliphatic rings. The lowest BCUT2D eigenvalue weighted by Crippen LogP contribution is -2.47. The average molecular weight is 412 g/mol. The molecule has 11 heteroatoms. The standard InChI is InChI=1S/C17H15F3N4O3S/c1-8-13-10(15(26)22-9(2)14(25)21-7-17(18,19)20)6-11(12-4-3-5-28-12)23-16(13)27-24-8/h3-6,9H,7H2,1-2H3,(H,21,25)(H,22,26)/t9-/m1/s1. The van der Waals surface area contributed by atoms with Gasteiger partial charge in [0, 0.05) is 0 Å². The molecule has 0 bridgehead atoms. The lowest BCUT2D eigenvalue weighted by Gasteiger charge is -2.15. The highest BCUT2D eigenvalue weighted by molar-refractivity contribution is 7.13. The van der Waals surface area contributed by atoms with E-state index < -0.39 is 30.6 Å². The number of aromatic nitrogens is 2. The number of carbonyl (C=O) groups excluding carboxylic acids is 2. The summed E-state index contributed by atoms with van der Waals surface area (Å²) in [6.07, 6.45) is -4.54. The topological polar surface area (TPSA) is 97.1 Å². The van der Waals surface area contributed by atoms with Crippen molar-refractivity contribution in [3.05, 3.63) is 34.8 Å². The smallest absolute Gasteiger partial charge is 0.345 e. The highest BCUT2D eigenvalue weighted by atomic mass is 32.1. The van der Waals surface area contributed by atoms with Crippen LogP contribution >= 0.6 is 11.3 Å². The highest BCUT2D eigenvalue weighted by Gasteiger charge is 2.29. The molecule has 148 valence electrons. The second-order valence-electron chi connectivity index (χ2n) is 6.01. The van der Waals surface area contributed by atoms with Crippen LogP contribution in [0.4, 0.5) is 13.2 Å². The van der Waals surface area contributed by atoms with Crippen LogP contribution in [0, 0.1) is 6.92 Å². The summed E-state index contributed by atoms with van der Waals surface area (Å²) in [5.41, 5.74) is 1.24. The molecule has 0 fully saturated rings. The molecule has 3 aromatic heterocycles. The van der Waals surface area contributed by atoms with E-state index in [1.54, 1.807) is 12.2 Å². The molecule has 3 aromatic rings. The summed E-state index contributed by atoms with van der Waals surface area (Å²) in [7, 11) is 0. The fourth-order valence-corrected chi connectivity index (χ4v) is 3.19. The molecule has 0 saturated heterocycles. The van der Waals surface area contributed by atoms with Gasteiger partial charge in [0.15, 0.2) is 0 Å². The van der Waals surface area contributed by atoms with Crippen LogP contribution in [0.1, 0.15) is 23.0 Å². The minimum absolute atomic E-state index is 0.155. The van der Waals surface area contributed by atoms with Gasteiger partial charge in [0.1, 0.15) is 12.6 Å². The van der Waals surface area contributed by atoms with Crippen LogP contribution in [0.3, 0.4) is 0 Å². The lowest BCUT2D eigenvalue weighted by atomic mass is 10.1. The van der Waals surface area contributed by atoms with E-state index >= 15 is 0 Å². The lowest BCUT2D eigenvalue weighted by molar-refractivity contribution is -0.139. The first kappa shape index (κ1) is 19.8. The van der Waals surface area contributed by atoms with Crippen molar-refractivity contribution in [3.8, 4) is 10.6 Å². The molecule has 2 amide bonds. The number of hydrogen-bond acceptors (Lipinski definition) is 6. The van der Waals surface area contributed by atoms with Crippen LogP contribution in [-0.4, -0.2) is 40.7 Å². The van der Waals surface area contributed by atoms with Gasteiger partial charge in [-0.25, -0.2) is 4.98 Å². The molecule has 3 heterocycles. The van der Waals surface area contributed by atoms with Crippen molar-refractivity contribution >= 4 is 34.3 Å². The van der Waals surface area contributed by atoms with Gasteiger partial charge in [-0.1, -0.05) is 11.2 Å². The van der Waals surface area contributed by atoms with E-state index in [-0.39, 0.29) is 11.3 Å². The zero-order chi connectivity index (χ0) is 20.5. The van der Waals surface area contributed by atoms with Crippen LogP contribution in [0.2, 0.25) is 0 Å². The van der Waals surface area contributed by atoms with E-state index in [1.165, 1.54) is 24.3 Å². The summed E-state index contributed by atoms with van der Waals surface area (Å²) < 4.78 is 41.9. The summed E-state index contributed by atoms with van der Waals surface area (Å²) in [6.45, 7) is 1.45. The van der Waals surface area contributed by atoms with Gasteiger partial charge in [0.25, 0.3) is 11.6 Å². The maximum atomic E-state index is 12.7. The van der Waals surface area contributed by atoms with Crippen molar-refractivity contribution in [2.75, 3.05) is 6.54 Å². The van der Waals surface area contributed by atoms with Crippen LogP contribution in [0.15, 0.2) is 28.1 Å². The van der Waals surface area contributed by atoms with Gasteiger partial charge in [0.2, 0.25) is 5.91 Å². The number of hydrogen-bond donors (Lipinski definition) is 2. The third-order valence-corrected chi connectivity index (χ3v) is 4.73. The van der Waals surface area contributed by atoms with Gasteiger partial charge in [-0.15, -0.1) is 11.3 Å². The van der Waals surface area contributed by atoms with Gasteiger partial charge in [-0.3, -0.25) is 9.59 Å². The quantitative estimate of drug-likeness (QED) is 0.671. The number of thiophene rings is 1. The molecule has 3 rings (SSSR count). The van der Waals surface area contributed by atoms with Crippen molar-refractivity contribution in [3.63, 3.8) is 0 Å². The van der Waals surface area contributed by atoms with E-state index in [0.29, 0.717) is 16.8 Å². The molecule has 0 aliphatic carbocycles. The van der Waals surface area contributed by atoms with E-state index in [9.17, 15) is 22.8 Å². The Balaban J connectivity index is 1.86. The fourth-order valence-electron chi connectivity index (χ4n) is 2.50. The number of alkyl halides is 3. The van der Waals surface area contributed by atoms with E-state index in [0.717, 1.165) is 4.88 Å². The van der Waals surface area contributed by atoms with Crippen molar-refractivity contribution in [2.45, 2.75) is 26.1 Å². The minimum atomic E-state index is -4.54. The summed E-state index contributed by atoms with van der Waals surface area (Å²) in [6, 6.07) is 4.00. The number of aryl methyl sites for hydroxylation is 1. The van der Waals surface area contributed by atoms with E-state index in [4.69, 9.17) is 4.52 Å². The molecular weight excluding hydrogens is 397 g/mol. The maximum absolute atomic E-state index is 12.7. The number of nitrogens with zero attached hydrogens (tertiary/aromatic N) is 2. The van der Waals surface area contributed by atoms with Crippen LogP contribution < -0.4 is 10.6 Å². The Kier molecular flexibility index (Phi) is 5.36. The minimum Gasteiger partial charge on any atom is -0.345 e. The van der Waals surface area contributed by atoms with Crippen LogP contribution in [-0.2, 0) is 4.79 Å². The zero-order valence-corrected chi connectivity index (χ0v) is 15.6. The van der Waals surface area contributed by atoms with Crippen molar-refractivity contribution in [1.82, 2.24) is 20.8 Å². The maximum Gasteiger partial charge on any atom is 0.405 e. The molecule has 0 radical (unpaired) electrons. The second-order valence-corrected chi connectivity index (χ2v) is 6.96. The van der Waals surface area contributed by atoms with Crippen molar-refractivity contribution < 1.29 is 27.3 Å². The summed E-state index contributed by atoms with van der Waals surface area (Å²) >= 11 is 1.41. The van der Waals surface area contributed by atoms with Gasteiger partial charge < -0.3 is 15.2 Å². The number of fused-ring (bicyclic) bond motifs is 1. The number of rotatable bonds is 5. The second kappa shape index (κ2) is 7.58. The number of amides is 2. The Hall–Kier alpha value is -2.95. The Morgan fingerprint density at radius 3 is 2.75 bits per heavy atom. The van der Waals surface area contributed by atoms with Gasteiger partial charge in [0.05, 0.1) is 27.2 Å².